The lowest BCUT2D eigenvalue weighted by Gasteiger charge is -2.16. The molecule has 27 heavy (non-hydrogen) atoms. The summed E-state index contributed by atoms with van der Waals surface area (Å²) in [6, 6.07) is 3.71. The van der Waals surface area contributed by atoms with Gasteiger partial charge in [-0.2, -0.15) is 10.4 Å². The van der Waals surface area contributed by atoms with Crippen molar-refractivity contribution in [2.75, 3.05) is 36.5 Å². The second kappa shape index (κ2) is 7.84. The molecule has 3 aromatic heterocycles. The van der Waals surface area contributed by atoms with E-state index in [1.54, 1.807) is 4.52 Å². The fourth-order valence-corrected chi connectivity index (χ4v) is 2.70. The molecule has 0 aliphatic rings. The number of likely N-dealkylation sites (N-methyl/N-ethyl adjacent to an activating group) is 1. The summed E-state index contributed by atoms with van der Waals surface area (Å²) in [5, 5.41) is 23.5. The van der Waals surface area contributed by atoms with Gasteiger partial charge in [0.2, 0.25) is 0 Å². The van der Waals surface area contributed by atoms with E-state index in [-0.39, 0.29) is 17.4 Å². The number of nitriles is 1. The highest BCUT2D eigenvalue weighted by molar-refractivity contribution is 5.72. The Morgan fingerprint density at radius 2 is 2.11 bits per heavy atom. The van der Waals surface area contributed by atoms with Crippen LogP contribution >= 0.6 is 0 Å². The number of nitrogens with zero attached hydrogens (tertiary/aromatic N) is 6. The van der Waals surface area contributed by atoms with Crippen LogP contribution in [0.5, 0.6) is 0 Å². The summed E-state index contributed by atoms with van der Waals surface area (Å²) < 4.78 is 1.80. The van der Waals surface area contributed by atoms with E-state index in [9.17, 15) is 5.26 Å². The van der Waals surface area contributed by atoms with Gasteiger partial charge in [0.1, 0.15) is 35.1 Å². The minimum absolute atomic E-state index is 0.133. The maximum absolute atomic E-state index is 9.29. The third-order valence-electron chi connectivity index (χ3n) is 4.13. The molecule has 0 bridgehead atoms. The number of fused-ring (bicyclic) bond motifs is 1. The highest BCUT2D eigenvalue weighted by Gasteiger charge is 2.18. The number of nitrogen functional groups attached to an aromatic ring is 1. The van der Waals surface area contributed by atoms with Gasteiger partial charge in [0, 0.05) is 19.3 Å². The monoisotopic (exact) mass is 366 g/mol. The van der Waals surface area contributed by atoms with Gasteiger partial charge in [-0.1, -0.05) is 0 Å². The number of nitrogens with one attached hydrogen (secondary N) is 3. The van der Waals surface area contributed by atoms with Crippen LogP contribution in [0.4, 0.5) is 17.5 Å². The molecule has 0 saturated carbocycles. The lowest BCUT2D eigenvalue weighted by atomic mass is 10.2. The normalized spacial score (nSPS) is 11.9. The van der Waals surface area contributed by atoms with Crippen LogP contribution in [0.2, 0.25) is 0 Å². The van der Waals surface area contributed by atoms with Crippen LogP contribution in [0, 0.1) is 18.3 Å². The Balaban J connectivity index is 1.94. The zero-order chi connectivity index (χ0) is 19.4. The van der Waals surface area contributed by atoms with E-state index >= 15 is 0 Å². The number of aromatic nitrogens is 5. The average molecular weight is 366 g/mol. The minimum atomic E-state index is -0.302. The lowest BCUT2D eigenvalue weighted by Crippen LogP contribution is -2.21. The molecule has 0 saturated heterocycles. The summed E-state index contributed by atoms with van der Waals surface area (Å²) in [5.74, 6) is 1.81. The van der Waals surface area contributed by atoms with Gasteiger partial charge in [-0.05, 0) is 32.5 Å². The van der Waals surface area contributed by atoms with Crippen LogP contribution in [0.1, 0.15) is 29.9 Å². The number of aryl methyl sites for hydroxylation is 1. The van der Waals surface area contributed by atoms with E-state index in [4.69, 9.17) is 5.73 Å². The largest absolute Gasteiger partial charge is 0.382 e. The molecule has 140 valence electrons. The van der Waals surface area contributed by atoms with E-state index in [0.717, 1.165) is 30.0 Å². The topological polar surface area (TPSA) is 142 Å². The number of rotatable bonds is 7. The molecule has 0 aliphatic heterocycles. The van der Waals surface area contributed by atoms with Crippen molar-refractivity contribution in [1.29, 1.82) is 5.26 Å². The van der Waals surface area contributed by atoms with Crippen molar-refractivity contribution < 1.29 is 0 Å². The number of anilines is 3. The molecule has 0 radical (unpaired) electrons. The first-order valence-corrected chi connectivity index (χ1v) is 8.56. The number of nitrogens with two attached hydrogens (primary N) is 1. The molecule has 0 amide bonds. The maximum Gasteiger partial charge on any atom is 0.173 e. The Hall–Kier alpha value is -3.45. The van der Waals surface area contributed by atoms with Crippen LogP contribution in [-0.2, 0) is 0 Å². The Bertz CT molecular complexity index is 987. The molecule has 10 heteroatoms. The van der Waals surface area contributed by atoms with Crippen LogP contribution in [0.3, 0.4) is 0 Å². The van der Waals surface area contributed by atoms with E-state index < -0.39 is 0 Å². The summed E-state index contributed by atoms with van der Waals surface area (Å²) in [7, 11) is 1.90. The first-order chi connectivity index (χ1) is 13.0. The number of hydrogen-bond donors (Lipinski definition) is 4. The van der Waals surface area contributed by atoms with Crippen LogP contribution in [0.15, 0.2) is 18.6 Å². The van der Waals surface area contributed by atoms with Crippen LogP contribution < -0.4 is 21.7 Å². The minimum Gasteiger partial charge on any atom is -0.382 e. The fourth-order valence-electron chi connectivity index (χ4n) is 2.70. The highest BCUT2D eigenvalue weighted by atomic mass is 15.3. The van der Waals surface area contributed by atoms with Gasteiger partial charge in [0.15, 0.2) is 11.6 Å². The van der Waals surface area contributed by atoms with Gasteiger partial charge in [-0.15, -0.1) is 0 Å². The Kier molecular flexibility index (Phi) is 5.33. The van der Waals surface area contributed by atoms with Gasteiger partial charge in [-0.3, -0.25) is 0 Å². The summed E-state index contributed by atoms with van der Waals surface area (Å²) in [6.07, 6.45) is 3.21. The van der Waals surface area contributed by atoms with E-state index in [0.29, 0.717) is 11.6 Å². The van der Waals surface area contributed by atoms with Crippen molar-refractivity contribution in [1.82, 2.24) is 29.9 Å². The van der Waals surface area contributed by atoms with Crippen LogP contribution in [0.25, 0.3) is 5.52 Å². The van der Waals surface area contributed by atoms with Gasteiger partial charge >= 0.3 is 0 Å². The standard InChI is InChI=1S/C17H22N10/c1-10-4-7-27-13(10)17(21-6-5-20-3)25-15(26-27)11(2)24-16-12(8-18)14(19)22-9-23-16/h4,7,9,11,20H,5-6H2,1-3H3,(H,21,25,26)(H3,19,22,23,24). The molecular formula is C17H22N10. The molecule has 0 spiro atoms. The molecule has 3 aromatic rings. The molecule has 3 rings (SSSR count). The predicted octanol–water partition coefficient (Wildman–Crippen LogP) is 1.09. The summed E-state index contributed by atoms with van der Waals surface area (Å²) in [6.45, 7) is 5.46. The molecule has 1 unspecified atom stereocenters. The van der Waals surface area contributed by atoms with Gasteiger partial charge in [-0.25, -0.2) is 19.5 Å². The van der Waals surface area contributed by atoms with Crippen molar-refractivity contribution in [2.45, 2.75) is 19.9 Å². The molecule has 0 fully saturated rings. The third kappa shape index (κ3) is 3.73. The van der Waals surface area contributed by atoms with Crippen molar-refractivity contribution >= 4 is 23.0 Å². The Labute approximate surface area is 156 Å². The van der Waals surface area contributed by atoms with Gasteiger partial charge < -0.3 is 21.7 Å². The second-order valence-electron chi connectivity index (χ2n) is 6.10. The van der Waals surface area contributed by atoms with E-state index in [1.165, 1.54) is 6.33 Å². The lowest BCUT2D eigenvalue weighted by molar-refractivity contribution is 0.725. The first kappa shape index (κ1) is 18.3. The van der Waals surface area contributed by atoms with Gasteiger partial charge in [0.05, 0.1) is 6.04 Å². The molecule has 3 heterocycles. The highest BCUT2D eigenvalue weighted by Crippen LogP contribution is 2.24. The predicted molar refractivity (Wildman–Crippen MR) is 103 cm³/mol. The zero-order valence-electron chi connectivity index (χ0n) is 15.5. The summed E-state index contributed by atoms with van der Waals surface area (Å²) in [4.78, 5) is 12.6. The van der Waals surface area contributed by atoms with E-state index in [1.807, 2.05) is 39.2 Å². The fraction of sp³-hybridized carbons (Fsp3) is 0.353. The molecular weight excluding hydrogens is 344 g/mol. The molecule has 0 aromatic carbocycles. The Morgan fingerprint density at radius 3 is 2.85 bits per heavy atom. The molecule has 0 aliphatic carbocycles. The first-order valence-electron chi connectivity index (χ1n) is 8.56. The van der Waals surface area contributed by atoms with Crippen molar-refractivity contribution in [3.8, 4) is 6.07 Å². The van der Waals surface area contributed by atoms with E-state index in [2.05, 4.69) is 36.0 Å². The summed E-state index contributed by atoms with van der Waals surface area (Å²) >= 11 is 0. The van der Waals surface area contributed by atoms with Crippen molar-refractivity contribution in [3.63, 3.8) is 0 Å². The SMILES string of the molecule is CNCCNc1nc(C(C)Nc2ncnc(N)c2C#N)nn2ccc(C)c12. The van der Waals surface area contributed by atoms with Crippen molar-refractivity contribution in [2.24, 2.45) is 0 Å². The molecule has 1 atom stereocenters. The molecule has 10 nitrogen and oxygen atoms in total. The summed E-state index contributed by atoms with van der Waals surface area (Å²) in [5.41, 5.74) is 7.98. The quantitative estimate of drug-likeness (QED) is 0.452. The Morgan fingerprint density at radius 1 is 1.30 bits per heavy atom. The van der Waals surface area contributed by atoms with Gasteiger partial charge in [0.25, 0.3) is 0 Å². The van der Waals surface area contributed by atoms with Crippen LogP contribution in [-0.4, -0.2) is 44.7 Å². The number of hydrogen-bond acceptors (Lipinski definition) is 9. The smallest absolute Gasteiger partial charge is 0.173 e. The molecule has 5 N–H and O–H groups in total. The average Bonchev–Trinajstić information content (AvgIpc) is 3.03. The zero-order valence-corrected chi connectivity index (χ0v) is 15.5. The third-order valence-corrected chi connectivity index (χ3v) is 4.13. The second-order valence-corrected chi connectivity index (χ2v) is 6.10. The maximum atomic E-state index is 9.29. The van der Waals surface area contributed by atoms with Crippen molar-refractivity contribution in [3.05, 3.63) is 35.5 Å².